The van der Waals surface area contributed by atoms with E-state index in [0.717, 1.165) is 11.8 Å². The largest absolute Gasteiger partial charge is 0.396 e. The zero-order chi connectivity index (χ0) is 13.5. The highest BCUT2D eigenvalue weighted by Gasteiger charge is 2.18. The first kappa shape index (κ1) is 13.3. The Kier molecular flexibility index (Phi) is 3.31. The van der Waals surface area contributed by atoms with Crippen LogP contribution in [0.5, 0.6) is 0 Å². The molecule has 0 aliphatic heterocycles. The Morgan fingerprint density at radius 2 is 2.11 bits per heavy atom. The molecule has 18 heavy (non-hydrogen) atoms. The number of hydrogen-bond donors (Lipinski definition) is 1. The molecule has 0 saturated heterocycles. The van der Waals surface area contributed by atoms with Crippen molar-refractivity contribution in [1.29, 1.82) is 0 Å². The van der Waals surface area contributed by atoms with Gasteiger partial charge in [0, 0.05) is 26.1 Å². The molecular weight excluding hydrogens is 278 g/mol. The minimum absolute atomic E-state index is 0.0245. The predicted octanol–water partition coefficient (Wildman–Crippen LogP) is 0.560. The van der Waals surface area contributed by atoms with Gasteiger partial charge in [-0.1, -0.05) is 11.6 Å². The Morgan fingerprint density at radius 1 is 1.44 bits per heavy atom. The molecule has 0 fully saturated rings. The van der Waals surface area contributed by atoms with E-state index < -0.39 is 9.84 Å². The van der Waals surface area contributed by atoms with Crippen molar-refractivity contribution in [3.8, 4) is 0 Å². The molecule has 8 heteroatoms. The van der Waals surface area contributed by atoms with Crippen LogP contribution < -0.4 is 0 Å². The van der Waals surface area contributed by atoms with Crippen LogP contribution in [0.1, 0.15) is 5.56 Å². The molecule has 6 nitrogen and oxygen atoms in total. The lowest BCUT2D eigenvalue weighted by molar-refractivity contribution is 0.300. The van der Waals surface area contributed by atoms with Crippen LogP contribution in [0.2, 0.25) is 5.15 Å². The fourth-order valence-corrected chi connectivity index (χ4v) is 2.62. The summed E-state index contributed by atoms with van der Waals surface area (Å²) in [7, 11) is -1.77. The number of rotatable bonds is 3. The smallest absolute Gasteiger partial charge is 0.250 e. The zero-order valence-electron chi connectivity index (χ0n) is 9.88. The van der Waals surface area contributed by atoms with Crippen LogP contribution in [0.15, 0.2) is 11.4 Å². The molecule has 0 unspecified atom stereocenters. The third-order valence-corrected chi connectivity index (χ3v) is 3.66. The maximum absolute atomic E-state index is 11.4. The maximum Gasteiger partial charge on any atom is 0.250 e. The van der Waals surface area contributed by atoms with Crippen LogP contribution in [-0.4, -0.2) is 40.9 Å². The number of nitrogens with zero attached hydrogens (tertiary/aromatic N) is 3. The molecule has 98 valence electrons. The van der Waals surface area contributed by atoms with Gasteiger partial charge in [-0.05, 0) is 12.0 Å². The van der Waals surface area contributed by atoms with Gasteiger partial charge in [0.25, 0.3) is 0 Å². The summed E-state index contributed by atoms with van der Waals surface area (Å²) in [5.41, 5.74) is 1.24. The summed E-state index contributed by atoms with van der Waals surface area (Å²) in [6.07, 6.45) is 3.20. The third-order valence-electron chi connectivity index (χ3n) is 2.54. The van der Waals surface area contributed by atoms with Gasteiger partial charge >= 0.3 is 0 Å². The summed E-state index contributed by atoms with van der Waals surface area (Å²) in [5.74, 6) is 0. The first-order chi connectivity index (χ1) is 8.34. The van der Waals surface area contributed by atoms with Crippen LogP contribution in [0.4, 0.5) is 0 Å². The van der Waals surface area contributed by atoms with Gasteiger partial charge in [0.2, 0.25) is 15.0 Å². The van der Waals surface area contributed by atoms with E-state index in [2.05, 4.69) is 9.97 Å². The molecule has 0 aromatic carbocycles. The van der Waals surface area contributed by atoms with Gasteiger partial charge in [-0.3, -0.25) is 0 Å². The summed E-state index contributed by atoms with van der Waals surface area (Å²) in [6.45, 7) is -0.0245. The lowest BCUT2D eigenvalue weighted by atomic mass is 10.2. The summed E-state index contributed by atoms with van der Waals surface area (Å²) < 4.78 is 24.5. The number of aliphatic hydroxyl groups excluding tert-OH is 1. The van der Waals surface area contributed by atoms with E-state index in [4.69, 9.17) is 16.7 Å². The van der Waals surface area contributed by atoms with Crippen molar-refractivity contribution in [2.45, 2.75) is 11.6 Å². The van der Waals surface area contributed by atoms with Gasteiger partial charge in [-0.25, -0.2) is 13.4 Å². The molecule has 1 N–H and O–H groups in total. The molecule has 0 atom stereocenters. The molecule has 0 aliphatic rings. The Bertz CT molecular complexity index is 709. The van der Waals surface area contributed by atoms with Gasteiger partial charge < -0.3 is 9.67 Å². The zero-order valence-corrected chi connectivity index (χ0v) is 11.5. The van der Waals surface area contributed by atoms with E-state index >= 15 is 0 Å². The Balaban J connectivity index is 2.79. The quantitative estimate of drug-likeness (QED) is 0.659. The topological polar surface area (TPSA) is 85.1 Å². The summed E-state index contributed by atoms with van der Waals surface area (Å²) in [5, 5.41) is 9.35. The van der Waals surface area contributed by atoms with Crippen LogP contribution in [0.3, 0.4) is 0 Å². The van der Waals surface area contributed by atoms with Crippen LogP contribution in [0, 0.1) is 0 Å². The van der Waals surface area contributed by atoms with Crippen molar-refractivity contribution in [2.75, 3.05) is 12.9 Å². The Labute approximate surface area is 109 Å². The van der Waals surface area contributed by atoms with Crippen molar-refractivity contribution in [2.24, 2.45) is 7.05 Å². The maximum atomic E-state index is 11.4. The molecule has 2 rings (SSSR count). The standard InChI is InChI=1S/C10H12ClN3O3S/c1-14-5-6(3-4-15)7-8(11)12-10(13-9(7)14)18(2,16)17/h5,15H,3-4H2,1-2H3. The normalized spacial score (nSPS) is 12.2. The van der Waals surface area contributed by atoms with E-state index in [9.17, 15) is 8.42 Å². The fourth-order valence-electron chi connectivity index (χ4n) is 1.77. The monoisotopic (exact) mass is 289 g/mol. The average molecular weight is 290 g/mol. The SMILES string of the molecule is Cn1cc(CCO)c2c(Cl)nc(S(C)(=O)=O)nc21. The first-order valence-corrected chi connectivity index (χ1v) is 7.44. The molecule has 0 amide bonds. The van der Waals surface area contributed by atoms with Crippen molar-refractivity contribution in [3.05, 3.63) is 16.9 Å². The van der Waals surface area contributed by atoms with Gasteiger partial charge in [-0.15, -0.1) is 0 Å². The number of aliphatic hydroxyl groups is 1. The summed E-state index contributed by atoms with van der Waals surface area (Å²) >= 11 is 6.01. The Morgan fingerprint density at radius 3 is 2.67 bits per heavy atom. The number of aryl methyl sites for hydroxylation is 1. The lowest BCUT2D eigenvalue weighted by Crippen LogP contribution is -2.05. The van der Waals surface area contributed by atoms with Crippen molar-refractivity contribution in [3.63, 3.8) is 0 Å². The average Bonchev–Trinajstić information content (AvgIpc) is 2.55. The number of hydrogen-bond acceptors (Lipinski definition) is 5. The number of halogens is 1. The minimum atomic E-state index is -3.51. The molecule has 0 bridgehead atoms. The van der Waals surface area contributed by atoms with Gasteiger partial charge in [0.15, 0.2) is 0 Å². The number of sulfone groups is 1. The minimum Gasteiger partial charge on any atom is -0.396 e. The van der Waals surface area contributed by atoms with Gasteiger partial charge in [0.05, 0.1) is 5.39 Å². The molecule has 2 aromatic heterocycles. The first-order valence-electron chi connectivity index (χ1n) is 5.17. The molecule has 2 aromatic rings. The van der Waals surface area contributed by atoms with Crippen molar-refractivity contribution < 1.29 is 13.5 Å². The third kappa shape index (κ3) is 2.21. The predicted molar refractivity (Wildman–Crippen MR) is 67.4 cm³/mol. The second-order valence-corrected chi connectivity index (χ2v) is 6.27. The second-order valence-electron chi connectivity index (χ2n) is 4.01. The van der Waals surface area contributed by atoms with Gasteiger partial charge in [0.1, 0.15) is 10.8 Å². The second kappa shape index (κ2) is 4.49. The van der Waals surface area contributed by atoms with Crippen LogP contribution >= 0.6 is 11.6 Å². The summed E-state index contributed by atoms with van der Waals surface area (Å²) in [6, 6.07) is 0. The van der Waals surface area contributed by atoms with Crippen molar-refractivity contribution in [1.82, 2.24) is 14.5 Å². The van der Waals surface area contributed by atoms with Crippen molar-refractivity contribution >= 4 is 32.5 Å². The van der Waals surface area contributed by atoms with E-state index in [0.29, 0.717) is 17.5 Å². The van der Waals surface area contributed by atoms with E-state index in [1.165, 1.54) is 0 Å². The van der Waals surface area contributed by atoms with Crippen LogP contribution in [-0.2, 0) is 23.3 Å². The molecule has 0 radical (unpaired) electrons. The van der Waals surface area contributed by atoms with Gasteiger partial charge in [-0.2, -0.15) is 4.98 Å². The highest BCUT2D eigenvalue weighted by molar-refractivity contribution is 7.90. The van der Waals surface area contributed by atoms with E-state index in [1.807, 2.05) is 0 Å². The Hall–Kier alpha value is -1.18. The van der Waals surface area contributed by atoms with Crippen LogP contribution in [0.25, 0.3) is 11.0 Å². The lowest BCUT2D eigenvalue weighted by Gasteiger charge is -2.02. The number of aromatic nitrogens is 3. The molecule has 0 aliphatic carbocycles. The fraction of sp³-hybridized carbons (Fsp3) is 0.400. The molecule has 0 spiro atoms. The number of fused-ring (bicyclic) bond motifs is 1. The molecule has 0 saturated carbocycles. The highest BCUT2D eigenvalue weighted by Crippen LogP contribution is 2.27. The summed E-state index contributed by atoms with van der Waals surface area (Å²) in [4.78, 5) is 7.81. The molecule has 2 heterocycles. The molecular formula is C10H12ClN3O3S. The highest BCUT2D eigenvalue weighted by atomic mass is 35.5. The van der Waals surface area contributed by atoms with E-state index in [-0.39, 0.29) is 16.9 Å². The van der Waals surface area contributed by atoms with E-state index in [1.54, 1.807) is 17.8 Å².